The van der Waals surface area contributed by atoms with Crippen LogP contribution in [0.25, 0.3) is 10.2 Å². The van der Waals surface area contributed by atoms with Crippen molar-refractivity contribution < 1.29 is 13.9 Å². The average molecular weight is 507 g/mol. The van der Waals surface area contributed by atoms with E-state index >= 15 is 0 Å². The summed E-state index contributed by atoms with van der Waals surface area (Å²) in [4.78, 5) is 29.3. The number of fused-ring (bicyclic) bond motifs is 1. The summed E-state index contributed by atoms with van der Waals surface area (Å²) in [7, 11) is 0. The summed E-state index contributed by atoms with van der Waals surface area (Å²) < 4.78 is 20.4. The molecule has 186 valence electrons. The van der Waals surface area contributed by atoms with Crippen LogP contribution >= 0.6 is 11.3 Å². The molecule has 3 heterocycles. The topological polar surface area (TPSA) is 83.5 Å². The van der Waals surface area contributed by atoms with Crippen molar-refractivity contribution in [1.29, 1.82) is 0 Å². The molecule has 1 aliphatic heterocycles. The van der Waals surface area contributed by atoms with E-state index in [2.05, 4.69) is 37.0 Å². The maximum atomic E-state index is 13.4. The van der Waals surface area contributed by atoms with E-state index in [4.69, 9.17) is 4.74 Å². The van der Waals surface area contributed by atoms with Gasteiger partial charge in [-0.15, -0.1) is 0 Å². The monoisotopic (exact) mass is 506 g/mol. The Hall–Kier alpha value is -3.63. The Balaban J connectivity index is 1.27. The van der Waals surface area contributed by atoms with Crippen LogP contribution in [0.3, 0.4) is 0 Å². The van der Waals surface area contributed by atoms with Gasteiger partial charge in [0.2, 0.25) is 11.8 Å². The van der Waals surface area contributed by atoms with Gasteiger partial charge in [0.25, 0.3) is 0 Å². The number of nitrogens with one attached hydrogen (secondary N) is 1. The van der Waals surface area contributed by atoms with Crippen molar-refractivity contribution in [3.8, 4) is 11.6 Å². The molecule has 1 saturated heterocycles. The minimum Gasteiger partial charge on any atom is -0.437 e. The standard InChI is InChI=1S/C26H27FN6O2S/c1-3-20(18-7-9-19(27)10-8-18)32-11-13-33(14-12-32)23-15-24(29-16-28-23)35-21-5-4-6-22-25(21)31-26(36-22)30-17(2)34/h4-10,15-16,20H,3,11-14H2,1-2H3,(H,30,31,34)/t20-/m1/s1. The third-order valence-electron chi connectivity index (χ3n) is 6.23. The van der Waals surface area contributed by atoms with E-state index < -0.39 is 0 Å². The van der Waals surface area contributed by atoms with Crippen molar-refractivity contribution in [3.63, 3.8) is 0 Å². The van der Waals surface area contributed by atoms with Crippen LogP contribution in [0.15, 0.2) is 54.9 Å². The number of thiazole rings is 1. The Morgan fingerprint density at radius 3 is 2.64 bits per heavy atom. The number of piperazine rings is 1. The summed E-state index contributed by atoms with van der Waals surface area (Å²) >= 11 is 1.39. The molecule has 5 rings (SSSR count). The van der Waals surface area contributed by atoms with E-state index in [1.54, 1.807) is 0 Å². The molecule has 0 bridgehead atoms. The highest BCUT2D eigenvalue weighted by Crippen LogP contribution is 2.35. The largest absolute Gasteiger partial charge is 0.437 e. The van der Waals surface area contributed by atoms with Crippen molar-refractivity contribution in [3.05, 3.63) is 66.2 Å². The second-order valence-electron chi connectivity index (χ2n) is 8.62. The fourth-order valence-corrected chi connectivity index (χ4v) is 5.46. The average Bonchev–Trinajstić information content (AvgIpc) is 3.29. The van der Waals surface area contributed by atoms with Crippen LogP contribution in [0.1, 0.15) is 31.9 Å². The highest BCUT2D eigenvalue weighted by atomic mass is 32.1. The number of benzene rings is 2. The van der Waals surface area contributed by atoms with Crippen molar-refractivity contribution >= 4 is 38.4 Å². The van der Waals surface area contributed by atoms with Gasteiger partial charge >= 0.3 is 0 Å². The number of ether oxygens (including phenoxy) is 1. The maximum absolute atomic E-state index is 13.4. The third kappa shape index (κ3) is 5.29. The first kappa shape index (κ1) is 24.1. The summed E-state index contributed by atoms with van der Waals surface area (Å²) in [6.45, 7) is 7.00. The van der Waals surface area contributed by atoms with E-state index in [0.717, 1.165) is 48.7 Å². The number of anilines is 2. The molecule has 1 aliphatic rings. The molecule has 1 amide bonds. The number of carbonyl (C=O) groups excluding carboxylic acids is 1. The molecule has 0 spiro atoms. The van der Waals surface area contributed by atoms with Crippen molar-refractivity contribution in [2.45, 2.75) is 26.3 Å². The van der Waals surface area contributed by atoms with Crippen LogP contribution in [0.4, 0.5) is 15.3 Å². The summed E-state index contributed by atoms with van der Waals surface area (Å²) in [5.74, 6) is 1.43. The number of aromatic nitrogens is 3. The second kappa shape index (κ2) is 10.5. The lowest BCUT2D eigenvalue weighted by molar-refractivity contribution is -0.114. The zero-order valence-electron chi connectivity index (χ0n) is 20.1. The fraction of sp³-hybridized carbons (Fsp3) is 0.308. The Kier molecular flexibility index (Phi) is 7.06. The van der Waals surface area contributed by atoms with Crippen LogP contribution in [0.2, 0.25) is 0 Å². The lowest BCUT2D eigenvalue weighted by Crippen LogP contribution is -2.47. The Labute approximate surface area is 212 Å². The van der Waals surface area contributed by atoms with Gasteiger partial charge in [-0.2, -0.15) is 0 Å². The molecule has 0 radical (unpaired) electrons. The Morgan fingerprint density at radius 1 is 1.14 bits per heavy atom. The summed E-state index contributed by atoms with van der Waals surface area (Å²) in [6, 6.07) is 14.6. The Bertz CT molecular complexity index is 1350. The van der Waals surface area contributed by atoms with Gasteiger partial charge in [0.15, 0.2) is 10.9 Å². The van der Waals surface area contributed by atoms with Crippen LogP contribution in [-0.4, -0.2) is 51.9 Å². The lowest BCUT2D eigenvalue weighted by Gasteiger charge is -2.39. The van der Waals surface area contributed by atoms with Crippen molar-refractivity contribution in [2.75, 3.05) is 36.4 Å². The normalized spacial score (nSPS) is 15.1. The highest BCUT2D eigenvalue weighted by molar-refractivity contribution is 7.22. The van der Waals surface area contributed by atoms with Gasteiger partial charge in [-0.3, -0.25) is 9.69 Å². The molecule has 1 N–H and O–H groups in total. The highest BCUT2D eigenvalue weighted by Gasteiger charge is 2.25. The van der Waals surface area contributed by atoms with E-state index in [1.165, 1.54) is 36.7 Å². The number of hydrogen-bond acceptors (Lipinski definition) is 8. The fourth-order valence-electron chi connectivity index (χ4n) is 4.53. The zero-order valence-corrected chi connectivity index (χ0v) is 21.0. The molecule has 2 aromatic carbocycles. The molecule has 1 atom stereocenters. The van der Waals surface area contributed by atoms with Crippen LogP contribution < -0.4 is 15.0 Å². The lowest BCUT2D eigenvalue weighted by atomic mass is 10.0. The molecular weight excluding hydrogens is 479 g/mol. The number of carbonyl (C=O) groups is 1. The summed E-state index contributed by atoms with van der Waals surface area (Å²) in [5.41, 5.74) is 1.81. The quantitative estimate of drug-likeness (QED) is 0.367. The van der Waals surface area contributed by atoms with Gasteiger partial charge in [-0.05, 0) is 36.2 Å². The maximum Gasteiger partial charge on any atom is 0.224 e. The third-order valence-corrected chi connectivity index (χ3v) is 7.16. The molecule has 0 saturated carbocycles. The minimum atomic E-state index is -0.209. The molecule has 10 heteroatoms. The Morgan fingerprint density at radius 2 is 1.92 bits per heavy atom. The van der Waals surface area contributed by atoms with Gasteiger partial charge in [0.05, 0.1) is 4.70 Å². The van der Waals surface area contributed by atoms with Crippen molar-refractivity contribution in [1.82, 2.24) is 19.9 Å². The number of rotatable bonds is 7. The SMILES string of the molecule is CC[C@H](c1ccc(F)cc1)N1CCN(c2cc(Oc3cccc4sc(NC(C)=O)nc34)ncn2)CC1. The molecule has 4 aromatic rings. The van der Waals surface area contributed by atoms with Gasteiger partial charge in [0.1, 0.15) is 23.5 Å². The first-order chi connectivity index (χ1) is 17.5. The molecule has 8 nitrogen and oxygen atoms in total. The summed E-state index contributed by atoms with van der Waals surface area (Å²) in [5, 5.41) is 3.25. The first-order valence-electron chi connectivity index (χ1n) is 11.9. The van der Waals surface area contributed by atoms with Gasteiger partial charge in [0, 0.05) is 45.2 Å². The molecule has 2 aromatic heterocycles. The predicted molar refractivity (Wildman–Crippen MR) is 139 cm³/mol. The summed E-state index contributed by atoms with van der Waals surface area (Å²) in [6.07, 6.45) is 2.47. The van der Waals surface area contributed by atoms with Crippen LogP contribution in [-0.2, 0) is 4.79 Å². The zero-order chi connectivity index (χ0) is 25.1. The number of halogens is 1. The van der Waals surface area contributed by atoms with Gasteiger partial charge in [-0.25, -0.2) is 19.3 Å². The minimum absolute atomic E-state index is 0.167. The van der Waals surface area contributed by atoms with E-state index in [1.807, 2.05) is 36.4 Å². The molecule has 36 heavy (non-hydrogen) atoms. The number of para-hydroxylation sites is 1. The molecule has 0 aliphatic carbocycles. The molecule has 1 fully saturated rings. The van der Waals surface area contributed by atoms with E-state index in [0.29, 0.717) is 22.3 Å². The van der Waals surface area contributed by atoms with Gasteiger partial charge in [-0.1, -0.05) is 36.5 Å². The van der Waals surface area contributed by atoms with Gasteiger partial charge < -0.3 is 15.0 Å². The van der Waals surface area contributed by atoms with E-state index in [-0.39, 0.29) is 17.8 Å². The van der Waals surface area contributed by atoms with E-state index in [9.17, 15) is 9.18 Å². The number of amides is 1. The predicted octanol–water partition coefficient (Wildman–Crippen LogP) is 5.25. The molecule has 0 unspecified atom stereocenters. The van der Waals surface area contributed by atoms with Crippen LogP contribution in [0.5, 0.6) is 11.6 Å². The first-order valence-corrected chi connectivity index (χ1v) is 12.7. The number of nitrogens with zero attached hydrogens (tertiary/aromatic N) is 5. The van der Waals surface area contributed by atoms with Crippen molar-refractivity contribution in [2.24, 2.45) is 0 Å². The number of hydrogen-bond donors (Lipinski definition) is 1. The molecular formula is C26H27FN6O2S. The smallest absolute Gasteiger partial charge is 0.224 e. The second-order valence-corrected chi connectivity index (χ2v) is 9.65. The van der Waals surface area contributed by atoms with Crippen LogP contribution in [0, 0.1) is 5.82 Å².